The molecule has 0 amide bonds. The second-order valence-electron chi connectivity index (χ2n) is 3.96. The maximum absolute atomic E-state index is 7.96. The SMILES string of the molecule is [2H]C([2H])(Cc1ccncc1)C(C)(C)C. The first kappa shape index (κ1) is 6.64. The van der Waals surface area contributed by atoms with E-state index in [-0.39, 0.29) is 5.41 Å². The molecule has 1 rings (SSSR count). The molecule has 0 aromatic carbocycles. The van der Waals surface area contributed by atoms with Crippen molar-refractivity contribution in [1.82, 2.24) is 4.98 Å². The predicted octanol–water partition coefficient (Wildman–Crippen LogP) is 3.06. The molecule has 0 bridgehead atoms. The molecule has 0 spiro atoms. The summed E-state index contributed by atoms with van der Waals surface area (Å²) < 4.78 is 15.9. The lowest BCUT2D eigenvalue weighted by atomic mass is 9.89. The molecule has 1 nitrogen and oxygen atoms in total. The topological polar surface area (TPSA) is 12.9 Å². The molecule has 0 aliphatic rings. The molecule has 0 fully saturated rings. The maximum atomic E-state index is 7.96. The van der Waals surface area contributed by atoms with Gasteiger partial charge in [0.05, 0.1) is 0 Å². The van der Waals surface area contributed by atoms with Crippen molar-refractivity contribution in [1.29, 1.82) is 0 Å². The molecule has 0 unspecified atom stereocenters. The number of pyridine rings is 1. The summed E-state index contributed by atoms with van der Waals surface area (Å²) in [7, 11) is 0. The zero-order valence-electron chi connectivity index (χ0n) is 9.96. The van der Waals surface area contributed by atoms with Gasteiger partial charge in [0.1, 0.15) is 0 Å². The summed E-state index contributed by atoms with van der Waals surface area (Å²) in [5, 5.41) is 0. The van der Waals surface area contributed by atoms with E-state index in [1.54, 1.807) is 12.4 Å². The van der Waals surface area contributed by atoms with Crippen molar-refractivity contribution in [2.45, 2.75) is 33.6 Å². The van der Waals surface area contributed by atoms with E-state index in [2.05, 4.69) is 4.98 Å². The smallest absolute Gasteiger partial charge is 0.0275 e. The number of aromatic nitrogens is 1. The summed E-state index contributed by atoms with van der Waals surface area (Å²) in [6.07, 6.45) is 2.66. The fourth-order valence-electron chi connectivity index (χ4n) is 0.868. The summed E-state index contributed by atoms with van der Waals surface area (Å²) in [5.41, 5.74) is 0.663. The zero-order valence-corrected chi connectivity index (χ0v) is 7.96. The summed E-state index contributed by atoms with van der Waals surface area (Å²) in [6.45, 7) is 5.77. The highest BCUT2D eigenvalue weighted by Gasteiger charge is 2.09. The van der Waals surface area contributed by atoms with Crippen LogP contribution in [0, 0.1) is 5.41 Å². The van der Waals surface area contributed by atoms with Gasteiger partial charge in [0.25, 0.3) is 0 Å². The minimum Gasteiger partial charge on any atom is -0.265 e. The fraction of sp³-hybridized carbons (Fsp3) is 0.545. The number of rotatable bonds is 2. The minimum atomic E-state index is -1.19. The predicted molar refractivity (Wildman–Crippen MR) is 52.0 cm³/mol. The van der Waals surface area contributed by atoms with Crippen LogP contribution in [0.5, 0.6) is 0 Å². The van der Waals surface area contributed by atoms with Gasteiger partial charge in [-0.05, 0) is 35.9 Å². The Morgan fingerprint density at radius 2 is 1.92 bits per heavy atom. The van der Waals surface area contributed by atoms with E-state index < -0.39 is 6.37 Å². The molecule has 12 heavy (non-hydrogen) atoms. The van der Waals surface area contributed by atoms with E-state index in [0.29, 0.717) is 6.42 Å². The van der Waals surface area contributed by atoms with Crippen LogP contribution in [0.3, 0.4) is 0 Å². The lowest BCUT2D eigenvalue weighted by Crippen LogP contribution is -2.06. The van der Waals surface area contributed by atoms with Gasteiger partial charge in [-0.25, -0.2) is 0 Å². The van der Waals surface area contributed by atoms with Gasteiger partial charge in [-0.15, -0.1) is 0 Å². The van der Waals surface area contributed by atoms with Crippen LogP contribution in [0.15, 0.2) is 24.5 Å². The highest BCUT2D eigenvalue weighted by atomic mass is 14.6. The molecule has 66 valence electrons. The van der Waals surface area contributed by atoms with Gasteiger partial charge < -0.3 is 0 Å². The van der Waals surface area contributed by atoms with Gasteiger partial charge in [0, 0.05) is 15.1 Å². The van der Waals surface area contributed by atoms with Gasteiger partial charge >= 0.3 is 0 Å². The van der Waals surface area contributed by atoms with E-state index in [0.717, 1.165) is 5.56 Å². The lowest BCUT2D eigenvalue weighted by Gasteiger charge is -2.17. The second kappa shape index (κ2) is 3.70. The van der Waals surface area contributed by atoms with Gasteiger partial charge in [-0.2, -0.15) is 0 Å². The monoisotopic (exact) mass is 165 g/mol. The van der Waals surface area contributed by atoms with Crippen LogP contribution >= 0.6 is 0 Å². The highest BCUT2D eigenvalue weighted by molar-refractivity contribution is 5.09. The molecule has 0 aliphatic carbocycles. The number of hydrogen-bond donors (Lipinski definition) is 0. The van der Waals surface area contributed by atoms with Crippen molar-refractivity contribution in [3.8, 4) is 0 Å². The summed E-state index contributed by atoms with van der Waals surface area (Å²) in [5.74, 6) is 0. The van der Waals surface area contributed by atoms with Gasteiger partial charge in [0.2, 0.25) is 0 Å². The Morgan fingerprint density at radius 1 is 1.33 bits per heavy atom. The average molecular weight is 165 g/mol. The molecule has 0 saturated carbocycles. The van der Waals surface area contributed by atoms with E-state index in [1.165, 1.54) is 0 Å². The zero-order chi connectivity index (χ0) is 10.8. The molecule has 0 radical (unpaired) electrons. The van der Waals surface area contributed by atoms with Crippen molar-refractivity contribution in [3.63, 3.8) is 0 Å². The number of hydrogen-bond acceptors (Lipinski definition) is 1. The van der Waals surface area contributed by atoms with Gasteiger partial charge in [-0.1, -0.05) is 20.8 Å². The Balaban J connectivity index is 2.79. The van der Waals surface area contributed by atoms with E-state index >= 15 is 0 Å². The summed E-state index contributed by atoms with van der Waals surface area (Å²) in [4.78, 5) is 3.92. The Kier molecular flexibility index (Phi) is 2.05. The lowest BCUT2D eigenvalue weighted by molar-refractivity contribution is 0.378. The molecule has 1 aromatic heterocycles. The largest absolute Gasteiger partial charge is 0.265 e. The van der Waals surface area contributed by atoms with E-state index in [1.807, 2.05) is 32.9 Å². The first-order valence-corrected chi connectivity index (χ1v) is 4.22. The quantitative estimate of drug-likeness (QED) is 0.656. The standard InChI is InChI=1S/C11H17N/c1-11(2,3)7-4-10-5-8-12-9-6-10/h5-6,8-9H,4,7H2,1-3H3/i7D2. The third kappa shape index (κ3) is 3.51. The Morgan fingerprint density at radius 3 is 2.42 bits per heavy atom. The number of nitrogens with zero attached hydrogens (tertiary/aromatic N) is 1. The fourth-order valence-corrected chi connectivity index (χ4v) is 0.868. The Hall–Kier alpha value is -0.850. The van der Waals surface area contributed by atoms with Crippen LogP contribution in [0.4, 0.5) is 0 Å². The minimum absolute atomic E-state index is 0.337. The van der Waals surface area contributed by atoms with Crippen molar-refractivity contribution in [2.75, 3.05) is 0 Å². The molecule has 1 heterocycles. The molecule has 0 aliphatic heterocycles. The number of aryl methyl sites for hydroxylation is 1. The average Bonchev–Trinajstić information content (AvgIpc) is 2.03. The first-order valence-electron chi connectivity index (χ1n) is 5.22. The Bertz CT molecular complexity index is 288. The van der Waals surface area contributed by atoms with Crippen LogP contribution in [0.25, 0.3) is 0 Å². The third-order valence-electron chi connectivity index (χ3n) is 1.57. The second-order valence-corrected chi connectivity index (χ2v) is 3.96. The summed E-state index contributed by atoms with van der Waals surface area (Å²) in [6, 6.07) is 3.73. The molecule has 0 atom stereocenters. The van der Waals surface area contributed by atoms with Gasteiger partial charge in [0.15, 0.2) is 0 Å². The van der Waals surface area contributed by atoms with Crippen LogP contribution < -0.4 is 0 Å². The molecule has 0 saturated heterocycles. The first-order chi connectivity index (χ1) is 6.33. The van der Waals surface area contributed by atoms with Crippen molar-refractivity contribution < 1.29 is 2.74 Å². The molecular formula is C11H17N. The Labute approximate surface area is 77.7 Å². The maximum Gasteiger partial charge on any atom is 0.0275 e. The molecule has 1 heteroatoms. The van der Waals surface area contributed by atoms with Gasteiger partial charge in [-0.3, -0.25) is 4.98 Å². The van der Waals surface area contributed by atoms with Crippen molar-refractivity contribution in [2.24, 2.45) is 5.41 Å². The van der Waals surface area contributed by atoms with Crippen LogP contribution in [-0.4, -0.2) is 4.98 Å². The third-order valence-corrected chi connectivity index (χ3v) is 1.57. The molecule has 1 aromatic rings. The highest BCUT2D eigenvalue weighted by Crippen LogP contribution is 2.20. The normalized spacial score (nSPS) is 15.2. The molecular weight excluding hydrogens is 146 g/mol. The van der Waals surface area contributed by atoms with Crippen molar-refractivity contribution in [3.05, 3.63) is 30.1 Å². The van der Waals surface area contributed by atoms with Crippen LogP contribution in [-0.2, 0) is 6.42 Å². The van der Waals surface area contributed by atoms with Crippen molar-refractivity contribution >= 4 is 0 Å². The molecule has 0 N–H and O–H groups in total. The van der Waals surface area contributed by atoms with E-state index in [9.17, 15) is 0 Å². The van der Waals surface area contributed by atoms with Crippen LogP contribution in [0.1, 0.15) is 35.4 Å². The summed E-state index contributed by atoms with van der Waals surface area (Å²) >= 11 is 0. The van der Waals surface area contributed by atoms with E-state index in [4.69, 9.17) is 2.74 Å². The van der Waals surface area contributed by atoms with Crippen LogP contribution in [0.2, 0.25) is 0 Å².